The largest absolute Gasteiger partial charge is 0.491 e. The van der Waals surface area contributed by atoms with E-state index in [1.807, 2.05) is 0 Å². The highest BCUT2D eigenvalue weighted by Crippen LogP contribution is 2.60. The van der Waals surface area contributed by atoms with Crippen molar-refractivity contribution < 1.29 is 40.6 Å². The molecule has 9 heteroatoms. The molecule has 0 radical (unpaired) electrons. The van der Waals surface area contributed by atoms with Crippen molar-refractivity contribution in [2.24, 2.45) is 11.8 Å². The minimum atomic E-state index is -5.11. The van der Waals surface area contributed by atoms with Crippen LogP contribution in [0, 0.1) is 23.5 Å². The molecule has 0 spiro atoms. The zero-order chi connectivity index (χ0) is 25.5. The molecule has 2 aromatic carbocycles. The summed E-state index contributed by atoms with van der Waals surface area (Å²) in [6.45, 7) is 3.48. The highest BCUT2D eigenvalue weighted by molar-refractivity contribution is 5.80. The summed E-state index contributed by atoms with van der Waals surface area (Å²) in [5.74, 6) is -15.8. The van der Waals surface area contributed by atoms with Crippen molar-refractivity contribution in [2.45, 2.75) is 64.2 Å². The van der Waals surface area contributed by atoms with Crippen LogP contribution in [0.15, 0.2) is 24.3 Å². The van der Waals surface area contributed by atoms with Crippen LogP contribution in [0.2, 0.25) is 0 Å². The minimum Gasteiger partial charge on any atom is -0.491 e. The number of hydrogen-bond donors (Lipinski definition) is 0. The summed E-state index contributed by atoms with van der Waals surface area (Å²) in [6.07, 6.45) is 4.73. The lowest BCUT2D eigenvalue weighted by atomic mass is 9.79. The van der Waals surface area contributed by atoms with E-state index in [0.29, 0.717) is 18.8 Å². The first-order valence-corrected chi connectivity index (χ1v) is 11.8. The van der Waals surface area contributed by atoms with Gasteiger partial charge in [-0.2, -0.15) is 17.6 Å². The summed E-state index contributed by atoms with van der Waals surface area (Å²) in [6, 6.07) is 3.90. The predicted octanol–water partition coefficient (Wildman–Crippen LogP) is 7.74. The van der Waals surface area contributed by atoms with Crippen molar-refractivity contribution in [3.63, 3.8) is 0 Å². The summed E-state index contributed by atoms with van der Waals surface area (Å²) in [5.41, 5.74) is -4.37. The Morgan fingerprint density at radius 3 is 1.89 bits per heavy atom. The summed E-state index contributed by atoms with van der Waals surface area (Å²) in [4.78, 5) is 12.6. The van der Waals surface area contributed by atoms with Gasteiger partial charge < -0.3 is 9.47 Å². The first-order valence-electron chi connectivity index (χ1n) is 11.8. The Morgan fingerprint density at radius 1 is 0.857 bits per heavy atom. The van der Waals surface area contributed by atoms with Gasteiger partial charge in [0, 0.05) is 0 Å². The number of carbonyl (C=O) groups excluding carboxylic acids is 1. The molecule has 35 heavy (non-hydrogen) atoms. The van der Waals surface area contributed by atoms with E-state index in [9.17, 15) is 18.0 Å². The van der Waals surface area contributed by atoms with E-state index >= 15 is 13.2 Å². The Morgan fingerprint density at radius 2 is 1.37 bits per heavy atom. The van der Waals surface area contributed by atoms with E-state index < -0.39 is 69.1 Å². The average molecular weight is 500 g/mol. The molecule has 190 valence electrons. The topological polar surface area (TPSA) is 35.5 Å². The van der Waals surface area contributed by atoms with Gasteiger partial charge >= 0.3 is 17.8 Å². The molecule has 0 aromatic heterocycles. The quantitative estimate of drug-likeness (QED) is 0.231. The lowest BCUT2D eigenvalue weighted by Gasteiger charge is -2.35. The minimum absolute atomic E-state index is 0.0716. The number of ether oxygens (including phenoxy) is 2. The fourth-order valence-corrected chi connectivity index (χ4v) is 5.12. The van der Waals surface area contributed by atoms with Gasteiger partial charge in [0.25, 0.3) is 0 Å². The molecule has 0 bridgehead atoms. The maximum Gasteiger partial charge on any atom is 0.343 e. The fourth-order valence-electron chi connectivity index (χ4n) is 5.12. The van der Waals surface area contributed by atoms with Gasteiger partial charge in [-0.25, -0.2) is 8.78 Å². The van der Waals surface area contributed by atoms with E-state index in [4.69, 9.17) is 9.47 Å². The number of esters is 1. The zero-order valence-corrected chi connectivity index (χ0v) is 19.4. The van der Waals surface area contributed by atoms with Crippen LogP contribution in [0.3, 0.4) is 0 Å². The molecule has 0 unspecified atom stereocenters. The van der Waals surface area contributed by atoms with Crippen LogP contribution in [-0.2, 0) is 16.6 Å². The third-order valence-electron chi connectivity index (χ3n) is 6.91. The molecule has 0 aliphatic heterocycles. The molecule has 2 aliphatic carbocycles. The van der Waals surface area contributed by atoms with Crippen molar-refractivity contribution in [3.8, 4) is 22.6 Å². The molecule has 0 atom stereocenters. The van der Waals surface area contributed by atoms with Crippen molar-refractivity contribution in [1.82, 2.24) is 0 Å². The van der Waals surface area contributed by atoms with Gasteiger partial charge in [0.15, 0.2) is 23.1 Å². The first-order chi connectivity index (χ1) is 16.5. The Labute approximate surface area is 199 Å². The van der Waals surface area contributed by atoms with Gasteiger partial charge in [-0.05, 0) is 73.9 Å². The zero-order valence-electron chi connectivity index (χ0n) is 19.4. The van der Waals surface area contributed by atoms with Crippen LogP contribution < -0.4 is 9.47 Å². The third kappa shape index (κ3) is 4.16. The Balaban J connectivity index is 1.70. The van der Waals surface area contributed by atoms with E-state index in [1.54, 1.807) is 0 Å². The molecule has 0 amide bonds. The van der Waals surface area contributed by atoms with E-state index in [1.165, 1.54) is 6.92 Å². The standard InChI is InChI=1S/C26H26F6O3/c1-3-5-14-6-8-15(9-7-14)24(33)35-19-13-11-17-16-10-12-18(34-4-2)22(27)20(16)25(29,30)26(31,32)21(17)23(19)28/h10-15H,3-9H2,1-2H3. The van der Waals surface area contributed by atoms with Crippen molar-refractivity contribution in [1.29, 1.82) is 0 Å². The van der Waals surface area contributed by atoms with Gasteiger partial charge in [0.05, 0.1) is 23.7 Å². The molecule has 1 fully saturated rings. The Hall–Kier alpha value is -2.71. The molecule has 0 heterocycles. The number of rotatable bonds is 6. The van der Waals surface area contributed by atoms with Crippen LogP contribution >= 0.6 is 0 Å². The van der Waals surface area contributed by atoms with Crippen molar-refractivity contribution in [2.75, 3.05) is 6.61 Å². The molecule has 4 rings (SSSR count). The molecule has 0 saturated heterocycles. The monoisotopic (exact) mass is 500 g/mol. The number of alkyl halides is 4. The maximum absolute atomic E-state index is 15.3. The van der Waals surface area contributed by atoms with Crippen LogP contribution in [-0.4, -0.2) is 12.6 Å². The Bertz CT molecular complexity index is 1120. The molecule has 2 aliphatic rings. The van der Waals surface area contributed by atoms with Crippen molar-refractivity contribution in [3.05, 3.63) is 47.0 Å². The lowest BCUT2D eigenvalue weighted by molar-refractivity contribution is -0.228. The van der Waals surface area contributed by atoms with Crippen LogP contribution in [0.4, 0.5) is 26.3 Å². The lowest BCUT2D eigenvalue weighted by Crippen LogP contribution is -2.41. The van der Waals surface area contributed by atoms with Crippen LogP contribution in [0.1, 0.15) is 63.5 Å². The van der Waals surface area contributed by atoms with E-state index in [2.05, 4.69) is 6.92 Å². The fraction of sp³-hybridized carbons (Fsp3) is 0.500. The van der Waals surface area contributed by atoms with Crippen LogP contribution in [0.25, 0.3) is 11.1 Å². The van der Waals surface area contributed by atoms with Gasteiger partial charge in [-0.1, -0.05) is 19.8 Å². The molecule has 1 saturated carbocycles. The number of halogens is 6. The SMILES string of the molecule is CCCC1CCC(C(=O)Oc2ccc3c(c2F)C(F)(F)C(F)(F)c2c-3ccc(OCC)c2F)CC1. The molecule has 2 aromatic rings. The van der Waals surface area contributed by atoms with Crippen LogP contribution in [0.5, 0.6) is 11.5 Å². The van der Waals surface area contributed by atoms with E-state index in [0.717, 1.165) is 49.9 Å². The van der Waals surface area contributed by atoms with Gasteiger partial charge in [0.2, 0.25) is 0 Å². The number of carbonyl (C=O) groups is 1. The molecular weight excluding hydrogens is 474 g/mol. The van der Waals surface area contributed by atoms with E-state index in [-0.39, 0.29) is 6.61 Å². The van der Waals surface area contributed by atoms with Gasteiger partial charge in [0.1, 0.15) is 0 Å². The number of hydrogen-bond acceptors (Lipinski definition) is 3. The molecular formula is C26H26F6O3. The average Bonchev–Trinajstić information content (AvgIpc) is 2.81. The predicted molar refractivity (Wildman–Crippen MR) is 117 cm³/mol. The smallest absolute Gasteiger partial charge is 0.343 e. The summed E-state index contributed by atoms with van der Waals surface area (Å²) < 4.78 is 100. The summed E-state index contributed by atoms with van der Waals surface area (Å²) in [5, 5.41) is 0. The highest BCUT2D eigenvalue weighted by atomic mass is 19.3. The maximum atomic E-state index is 15.3. The normalized spacial score (nSPS) is 22.2. The number of fused-ring (bicyclic) bond motifs is 3. The van der Waals surface area contributed by atoms with Gasteiger partial charge in [-0.15, -0.1) is 0 Å². The highest BCUT2D eigenvalue weighted by Gasteiger charge is 2.65. The van der Waals surface area contributed by atoms with Gasteiger partial charge in [-0.3, -0.25) is 4.79 Å². The first kappa shape index (κ1) is 25.4. The number of benzene rings is 2. The summed E-state index contributed by atoms with van der Waals surface area (Å²) in [7, 11) is 0. The van der Waals surface area contributed by atoms with Crippen molar-refractivity contribution >= 4 is 5.97 Å². The second kappa shape index (κ2) is 9.39. The molecule has 3 nitrogen and oxygen atoms in total. The summed E-state index contributed by atoms with van der Waals surface area (Å²) >= 11 is 0. The third-order valence-corrected chi connectivity index (χ3v) is 6.91. The second-order valence-corrected chi connectivity index (χ2v) is 9.11. The molecule has 0 N–H and O–H groups in total. The second-order valence-electron chi connectivity index (χ2n) is 9.11. The Kier molecular flexibility index (Phi) is 6.81.